The Hall–Kier alpha value is -1.40. The van der Waals surface area contributed by atoms with E-state index in [0.29, 0.717) is 19.3 Å². The van der Waals surface area contributed by atoms with Crippen molar-refractivity contribution < 1.29 is 13.9 Å². The second-order valence-electron chi connectivity index (χ2n) is 7.21. The van der Waals surface area contributed by atoms with Crippen LogP contribution in [0.4, 0.5) is 0 Å². The number of nitrogens with zero attached hydrogens (tertiary/aromatic N) is 1. The van der Waals surface area contributed by atoms with Gasteiger partial charge in [-0.05, 0) is 57.8 Å². The van der Waals surface area contributed by atoms with E-state index in [0.717, 1.165) is 44.6 Å². The summed E-state index contributed by atoms with van der Waals surface area (Å²) in [5.41, 5.74) is 2.32. The van der Waals surface area contributed by atoms with E-state index in [4.69, 9.17) is 13.9 Å². The molecule has 1 fully saturated rings. The zero-order chi connectivity index (χ0) is 18.9. The Balaban J connectivity index is 1.34. The molecular weight excluding hydrogens is 340 g/mol. The number of furan rings is 1. The molecular formula is C22H34N2O3. The Bertz CT molecular complexity index is 658. The third kappa shape index (κ3) is 6.04. The highest BCUT2D eigenvalue weighted by atomic mass is 16.7. The summed E-state index contributed by atoms with van der Waals surface area (Å²) in [6, 6.07) is 8.91. The maximum Gasteiger partial charge on any atom is 0.158 e. The first kappa shape index (κ1) is 20.3. The van der Waals surface area contributed by atoms with Crippen molar-refractivity contribution in [2.24, 2.45) is 0 Å². The number of rotatable bonds is 11. The van der Waals surface area contributed by atoms with E-state index in [1.54, 1.807) is 0 Å². The molecule has 5 nitrogen and oxygen atoms in total. The Morgan fingerprint density at radius 2 is 1.89 bits per heavy atom. The molecule has 1 saturated heterocycles. The highest BCUT2D eigenvalue weighted by Gasteiger charge is 2.19. The highest BCUT2D eigenvalue weighted by molar-refractivity contribution is 5.80. The van der Waals surface area contributed by atoms with Crippen molar-refractivity contribution in [1.29, 1.82) is 0 Å². The molecule has 1 aliphatic heterocycles. The SMILES string of the molecule is CCOC(CCNC1CCN(CCc2coc3ccccc23)CC1)OCC. The predicted octanol–water partition coefficient (Wildman–Crippen LogP) is 3.82. The molecule has 0 saturated carbocycles. The smallest absolute Gasteiger partial charge is 0.158 e. The number of fused-ring (bicyclic) bond motifs is 1. The average Bonchev–Trinajstić information content (AvgIpc) is 3.11. The molecule has 27 heavy (non-hydrogen) atoms. The van der Waals surface area contributed by atoms with Gasteiger partial charge in [0, 0.05) is 44.2 Å². The van der Waals surface area contributed by atoms with Crippen molar-refractivity contribution in [2.45, 2.75) is 51.9 Å². The molecule has 2 heterocycles. The molecule has 1 aromatic heterocycles. The van der Waals surface area contributed by atoms with Crippen LogP contribution in [0.2, 0.25) is 0 Å². The number of ether oxygens (including phenoxy) is 2. The first-order valence-electron chi connectivity index (χ1n) is 10.4. The Morgan fingerprint density at radius 1 is 1.15 bits per heavy atom. The molecule has 1 aliphatic rings. The monoisotopic (exact) mass is 374 g/mol. The fraction of sp³-hybridized carbons (Fsp3) is 0.636. The van der Waals surface area contributed by atoms with Crippen molar-refractivity contribution in [2.75, 3.05) is 39.4 Å². The summed E-state index contributed by atoms with van der Waals surface area (Å²) < 4.78 is 16.9. The van der Waals surface area contributed by atoms with E-state index >= 15 is 0 Å². The minimum atomic E-state index is -0.0719. The number of para-hydroxylation sites is 1. The van der Waals surface area contributed by atoms with Gasteiger partial charge in [0.1, 0.15) is 5.58 Å². The second kappa shape index (κ2) is 10.8. The molecule has 0 atom stereocenters. The first-order chi connectivity index (χ1) is 13.3. The van der Waals surface area contributed by atoms with E-state index in [-0.39, 0.29) is 6.29 Å². The van der Waals surface area contributed by atoms with Gasteiger partial charge < -0.3 is 24.1 Å². The molecule has 0 unspecified atom stereocenters. The maximum absolute atomic E-state index is 5.66. The number of nitrogens with one attached hydrogen (secondary N) is 1. The van der Waals surface area contributed by atoms with Crippen LogP contribution in [0.3, 0.4) is 0 Å². The molecule has 150 valence electrons. The Labute approximate surface area is 163 Å². The first-order valence-corrected chi connectivity index (χ1v) is 10.4. The summed E-state index contributed by atoms with van der Waals surface area (Å²) in [6.45, 7) is 9.82. The topological polar surface area (TPSA) is 46.9 Å². The van der Waals surface area contributed by atoms with Crippen LogP contribution in [0.5, 0.6) is 0 Å². The maximum atomic E-state index is 5.66. The van der Waals surface area contributed by atoms with Gasteiger partial charge in [0.05, 0.1) is 6.26 Å². The molecule has 0 radical (unpaired) electrons. The molecule has 0 aliphatic carbocycles. The van der Waals surface area contributed by atoms with Crippen LogP contribution in [0.25, 0.3) is 11.0 Å². The van der Waals surface area contributed by atoms with Gasteiger partial charge in [0.2, 0.25) is 0 Å². The average molecular weight is 375 g/mol. The lowest BCUT2D eigenvalue weighted by Crippen LogP contribution is -2.43. The predicted molar refractivity (Wildman–Crippen MR) is 109 cm³/mol. The molecule has 3 rings (SSSR count). The van der Waals surface area contributed by atoms with Crippen LogP contribution >= 0.6 is 0 Å². The van der Waals surface area contributed by atoms with E-state index in [1.807, 2.05) is 32.2 Å². The summed E-state index contributed by atoms with van der Waals surface area (Å²) in [4.78, 5) is 2.57. The van der Waals surface area contributed by atoms with Crippen molar-refractivity contribution in [3.05, 3.63) is 36.1 Å². The van der Waals surface area contributed by atoms with Gasteiger partial charge in [0.15, 0.2) is 6.29 Å². The quantitative estimate of drug-likeness (QED) is 0.606. The molecule has 0 bridgehead atoms. The third-order valence-corrected chi connectivity index (χ3v) is 5.36. The van der Waals surface area contributed by atoms with Crippen LogP contribution in [0, 0.1) is 0 Å². The molecule has 1 N–H and O–H groups in total. The van der Waals surface area contributed by atoms with Gasteiger partial charge in [-0.3, -0.25) is 0 Å². The number of likely N-dealkylation sites (tertiary alicyclic amines) is 1. The summed E-state index contributed by atoms with van der Waals surface area (Å²) in [5, 5.41) is 4.94. The number of benzene rings is 1. The van der Waals surface area contributed by atoms with Crippen LogP contribution in [-0.4, -0.2) is 56.6 Å². The van der Waals surface area contributed by atoms with Crippen molar-refractivity contribution in [3.63, 3.8) is 0 Å². The molecule has 1 aromatic carbocycles. The van der Waals surface area contributed by atoms with E-state index < -0.39 is 0 Å². The number of hydrogen-bond donors (Lipinski definition) is 1. The van der Waals surface area contributed by atoms with Gasteiger partial charge >= 0.3 is 0 Å². The molecule has 0 amide bonds. The van der Waals surface area contributed by atoms with E-state index in [2.05, 4.69) is 22.3 Å². The fourth-order valence-electron chi connectivity index (χ4n) is 3.86. The van der Waals surface area contributed by atoms with Gasteiger partial charge in [-0.2, -0.15) is 0 Å². The largest absolute Gasteiger partial charge is 0.464 e. The molecule has 2 aromatic rings. The number of piperidine rings is 1. The number of hydrogen-bond acceptors (Lipinski definition) is 5. The Morgan fingerprint density at radius 3 is 2.63 bits per heavy atom. The van der Waals surface area contributed by atoms with Gasteiger partial charge in [0.25, 0.3) is 0 Å². The second-order valence-corrected chi connectivity index (χ2v) is 7.21. The molecule has 5 heteroatoms. The standard InChI is InChI=1S/C22H34N2O3/c1-3-25-22(26-4-2)9-13-23-19-11-15-24(16-12-19)14-10-18-17-27-21-8-6-5-7-20(18)21/h5-8,17,19,22-23H,3-4,9-16H2,1-2H3. The lowest BCUT2D eigenvalue weighted by Gasteiger charge is -2.32. The molecule has 0 spiro atoms. The lowest BCUT2D eigenvalue weighted by molar-refractivity contribution is -0.138. The van der Waals surface area contributed by atoms with Gasteiger partial charge in [-0.15, -0.1) is 0 Å². The summed E-state index contributed by atoms with van der Waals surface area (Å²) in [5.74, 6) is 0. The van der Waals surface area contributed by atoms with Crippen LogP contribution in [0.15, 0.2) is 34.9 Å². The van der Waals surface area contributed by atoms with Crippen LogP contribution in [-0.2, 0) is 15.9 Å². The zero-order valence-electron chi connectivity index (χ0n) is 16.8. The highest BCUT2D eigenvalue weighted by Crippen LogP contribution is 2.21. The normalized spacial score (nSPS) is 16.6. The van der Waals surface area contributed by atoms with E-state index in [1.165, 1.54) is 23.8 Å². The van der Waals surface area contributed by atoms with E-state index in [9.17, 15) is 0 Å². The van der Waals surface area contributed by atoms with Crippen LogP contribution < -0.4 is 5.32 Å². The minimum absolute atomic E-state index is 0.0719. The van der Waals surface area contributed by atoms with Crippen molar-refractivity contribution in [1.82, 2.24) is 10.2 Å². The fourth-order valence-corrected chi connectivity index (χ4v) is 3.86. The van der Waals surface area contributed by atoms with Crippen molar-refractivity contribution >= 4 is 11.0 Å². The van der Waals surface area contributed by atoms with Gasteiger partial charge in [-0.25, -0.2) is 0 Å². The third-order valence-electron chi connectivity index (χ3n) is 5.36. The summed E-state index contributed by atoms with van der Waals surface area (Å²) in [6.07, 6.45) is 6.23. The van der Waals surface area contributed by atoms with Crippen LogP contribution in [0.1, 0.15) is 38.7 Å². The summed E-state index contributed by atoms with van der Waals surface area (Å²) >= 11 is 0. The zero-order valence-corrected chi connectivity index (χ0v) is 16.8. The van der Waals surface area contributed by atoms with Crippen molar-refractivity contribution in [3.8, 4) is 0 Å². The Kier molecular flexibility index (Phi) is 8.14. The minimum Gasteiger partial charge on any atom is -0.464 e. The summed E-state index contributed by atoms with van der Waals surface area (Å²) in [7, 11) is 0. The van der Waals surface area contributed by atoms with Gasteiger partial charge in [-0.1, -0.05) is 18.2 Å². The lowest BCUT2D eigenvalue weighted by atomic mass is 10.0.